The molecule has 1 N–H and O–H groups in total. The third-order valence-corrected chi connectivity index (χ3v) is 4.49. The van der Waals surface area contributed by atoms with E-state index in [0.29, 0.717) is 0 Å². The molecule has 0 unspecified atom stereocenters. The topological polar surface area (TPSA) is 24.4 Å². The zero-order valence-corrected chi connectivity index (χ0v) is 12.5. The van der Waals surface area contributed by atoms with Crippen molar-refractivity contribution in [2.24, 2.45) is 4.99 Å². The Bertz CT molecular complexity index is 637. The first-order valence-corrected chi connectivity index (χ1v) is 8.06. The summed E-state index contributed by atoms with van der Waals surface area (Å²) < 4.78 is 12.9. The van der Waals surface area contributed by atoms with E-state index in [-0.39, 0.29) is 5.82 Å². The molecule has 2 aromatic carbocycles. The highest BCUT2D eigenvalue weighted by Gasteiger charge is 2.11. The van der Waals surface area contributed by atoms with E-state index in [1.54, 1.807) is 11.8 Å². The smallest absolute Gasteiger partial charge is 0.129 e. The molecule has 2 nitrogen and oxygen atoms in total. The third kappa shape index (κ3) is 3.64. The highest BCUT2D eigenvalue weighted by molar-refractivity contribution is 7.98. The summed E-state index contributed by atoms with van der Waals surface area (Å²) in [6.07, 6.45) is 1.09. The van der Waals surface area contributed by atoms with Gasteiger partial charge in [-0.3, -0.25) is 4.99 Å². The number of hydrogen-bond donors (Lipinski definition) is 1. The van der Waals surface area contributed by atoms with Crippen LogP contribution in [0.5, 0.6) is 0 Å². The molecule has 108 valence electrons. The number of benzene rings is 2. The predicted molar refractivity (Wildman–Crippen MR) is 86.4 cm³/mol. The van der Waals surface area contributed by atoms with Crippen LogP contribution in [0.3, 0.4) is 0 Å². The van der Waals surface area contributed by atoms with Crippen molar-refractivity contribution in [3.63, 3.8) is 0 Å². The maximum absolute atomic E-state index is 12.9. The fourth-order valence-electron chi connectivity index (χ4n) is 2.24. The summed E-state index contributed by atoms with van der Waals surface area (Å²) in [6, 6.07) is 15.0. The summed E-state index contributed by atoms with van der Waals surface area (Å²) >= 11 is 1.76. The Labute approximate surface area is 128 Å². The van der Waals surface area contributed by atoms with E-state index in [0.717, 1.165) is 42.2 Å². The van der Waals surface area contributed by atoms with Gasteiger partial charge in [0.15, 0.2) is 0 Å². The molecule has 2 aromatic rings. The van der Waals surface area contributed by atoms with Crippen molar-refractivity contribution < 1.29 is 4.39 Å². The second kappa shape index (κ2) is 6.76. The van der Waals surface area contributed by atoms with Gasteiger partial charge in [0.25, 0.3) is 0 Å². The van der Waals surface area contributed by atoms with E-state index in [1.807, 2.05) is 24.3 Å². The van der Waals surface area contributed by atoms with Crippen LogP contribution in [0, 0.1) is 5.82 Å². The van der Waals surface area contributed by atoms with Crippen LogP contribution in [0.2, 0.25) is 0 Å². The van der Waals surface area contributed by atoms with Crippen molar-refractivity contribution in [3.05, 3.63) is 65.5 Å². The summed E-state index contributed by atoms with van der Waals surface area (Å²) in [5.41, 5.74) is 2.28. The lowest BCUT2D eigenvalue weighted by molar-refractivity contribution is 0.627. The monoisotopic (exact) mass is 300 g/mol. The lowest BCUT2D eigenvalue weighted by Crippen LogP contribution is -2.30. The molecule has 0 aliphatic carbocycles. The molecule has 0 fully saturated rings. The molecule has 0 amide bonds. The van der Waals surface area contributed by atoms with Gasteiger partial charge in [-0.15, -0.1) is 11.8 Å². The molecule has 0 bridgehead atoms. The van der Waals surface area contributed by atoms with Crippen LogP contribution in [0.1, 0.15) is 17.5 Å². The van der Waals surface area contributed by atoms with Crippen molar-refractivity contribution >= 4 is 17.6 Å². The van der Waals surface area contributed by atoms with Gasteiger partial charge < -0.3 is 5.32 Å². The predicted octanol–water partition coefficient (Wildman–Crippen LogP) is 3.86. The molecule has 0 saturated carbocycles. The quantitative estimate of drug-likeness (QED) is 0.867. The fraction of sp³-hybridized carbons (Fsp3) is 0.235. The molecular formula is C17H17FN2S. The molecule has 0 saturated heterocycles. The Balaban J connectivity index is 1.76. The summed E-state index contributed by atoms with van der Waals surface area (Å²) in [5, 5.41) is 3.37. The average molecular weight is 300 g/mol. The molecule has 1 heterocycles. The van der Waals surface area contributed by atoms with Gasteiger partial charge in [-0.25, -0.2) is 4.39 Å². The standard InChI is InChI=1S/C17H17FN2S/c18-14-8-6-13(7-9-14)12-21-16-5-2-1-4-15(16)17-19-10-3-11-20-17/h1-2,4-9H,3,10-12H2,(H,19,20). The second-order valence-electron chi connectivity index (χ2n) is 4.92. The van der Waals surface area contributed by atoms with Gasteiger partial charge in [-0.2, -0.15) is 0 Å². The lowest BCUT2D eigenvalue weighted by Gasteiger charge is -2.17. The first kappa shape index (κ1) is 14.1. The van der Waals surface area contributed by atoms with Gasteiger partial charge in [0, 0.05) is 29.3 Å². The molecular weight excluding hydrogens is 283 g/mol. The highest BCUT2D eigenvalue weighted by Crippen LogP contribution is 2.27. The van der Waals surface area contributed by atoms with E-state index in [4.69, 9.17) is 0 Å². The van der Waals surface area contributed by atoms with E-state index in [1.165, 1.54) is 17.0 Å². The Hall–Kier alpha value is -1.81. The fourth-order valence-corrected chi connectivity index (χ4v) is 3.25. The minimum absolute atomic E-state index is 0.190. The molecule has 0 spiro atoms. The van der Waals surface area contributed by atoms with Gasteiger partial charge >= 0.3 is 0 Å². The number of halogens is 1. The minimum Gasteiger partial charge on any atom is -0.370 e. The molecule has 1 aliphatic rings. The van der Waals surface area contributed by atoms with Crippen LogP contribution in [-0.2, 0) is 5.75 Å². The first-order chi connectivity index (χ1) is 10.3. The third-order valence-electron chi connectivity index (χ3n) is 3.35. The highest BCUT2D eigenvalue weighted by atomic mass is 32.2. The molecule has 1 aliphatic heterocycles. The van der Waals surface area contributed by atoms with Gasteiger partial charge in [0.1, 0.15) is 11.7 Å². The van der Waals surface area contributed by atoms with Crippen LogP contribution < -0.4 is 5.32 Å². The SMILES string of the molecule is Fc1ccc(CSc2ccccc2C2=NCCCN2)cc1. The van der Waals surface area contributed by atoms with Gasteiger partial charge in [0.05, 0.1) is 0 Å². The molecule has 21 heavy (non-hydrogen) atoms. The van der Waals surface area contributed by atoms with Crippen LogP contribution in [0.25, 0.3) is 0 Å². The number of nitrogens with one attached hydrogen (secondary N) is 1. The summed E-state index contributed by atoms with van der Waals surface area (Å²) in [6.45, 7) is 1.87. The Morgan fingerprint density at radius 1 is 1.10 bits per heavy atom. The molecule has 0 atom stereocenters. The number of rotatable bonds is 4. The van der Waals surface area contributed by atoms with Crippen molar-refractivity contribution in [1.82, 2.24) is 5.32 Å². The van der Waals surface area contributed by atoms with Gasteiger partial charge in [-0.05, 0) is 30.2 Å². The molecule has 4 heteroatoms. The Morgan fingerprint density at radius 3 is 2.67 bits per heavy atom. The average Bonchev–Trinajstić information content (AvgIpc) is 2.55. The zero-order chi connectivity index (χ0) is 14.5. The first-order valence-electron chi connectivity index (χ1n) is 7.08. The van der Waals surface area contributed by atoms with Crippen molar-refractivity contribution in [3.8, 4) is 0 Å². The Morgan fingerprint density at radius 2 is 1.90 bits per heavy atom. The number of nitrogens with zero attached hydrogens (tertiary/aromatic N) is 1. The lowest BCUT2D eigenvalue weighted by atomic mass is 10.2. The van der Waals surface area contributed by atoms with E-state index in [2.05, 4.69) is 22.4 Å². The maximum Gasteiger partial charge on any atom is 0.129 e. The number of amidine groups is 1. The maximum atomic E-state index is 12.9. The normalized spacial score (nSPS) is 14.4. The molecule has 0 radical (unpaired) electrons. The summed E-state index contributed by atoms with van der Waals surface area (Å²) in [5.74, 6) is 1.62. The second-order valence-corrected chi connectivity index (χ2v) is 5.94. The van der Waals surface area contributed by atoms with E-state index < -0.39 is 0 Å². The van der Waals surface area contributed by atoms with E-state index in [9.17, 15) is 4.39 Å². The van der Waals surface area contributed by atoms with Crippen LogP contribution in [-0.4, -0.2) is 18.9 Å². The number of thioether (sulfide) groups is 1. The zero-order valence-electron chi connectivity index (χ0n) is 11.7. The number of hydrogen-bond acceptors (Lipinski definition) is 3. The molecule has 0 aromatic heterocycles. The summed E-state index contributed by atoms with van der Waals surface area (Å²) in [4.78, 5) is 5.77. The van der Waals surface area contributed by atoms with E-state index >= 15 is 0 Å². The summed E-state index contributed by atoms with van der Waals surface area (Å²) in [7, 11) is 0. The van der Waals surface area contributed by atoms with Crippen molar-refractivity contribution in [2.45, 2.75) is 17.1 Å². The van der Waals surface area contributed by atoms with Gasteiger partial charge in [-0.1, -0.05) is 30.3 Å². The van der Waals surface area contributed by atoms with Crippen molar-refractivity contribution in [2.75, 3.05) is 13.1 Å². The largest absolute Gasteiger partial charge is 0.370 e. The number of aliphatic imine (C=N–C) groups is 1. The van der Waals surface area contributed by atoms with Gasteiger partial charge in [0.2, 0.25) is 0 Å². The van der Waals surface area contributed by atoms with Crippen LogP contribution >= 0.6 is 11.8 Å². The van der Waals surface area contributed by atoms with Crippen molar-refractivity contribution in [1.29, 1.82) is 0 Å². The van der Waals surface area contributed by atoms with Crippen LogP contribution in [0.4, 0.5) is 4.39 Å². The van der Waals surface area contributed by atoms with Crippen LogP contribution in [0.15, 0.2) is 58.4 Å². The minimum atomic E-state index is -0.190. The Kier molecular flexibility index (Phi) is 4.55. The molecule has 3 rings (SSSR count).